The fraction of sp³-hybridized carbons (Fsp3) is 0.143. The second kappa shape index (κ2) is 9.92. The Kier molecular flexibility index (Phi) is 6.84. The molecular weight excluding hydrogens is 404 g/mol. The Morgan fingerprint density at radius 2 is 1.68 bits per heavy atom. The third-order valence-corrected chi connectivity index (χ3v) is 4.16. The quantitative estimate of drug-likeness (QED) is 0.389. The van der Waals surface area contributed by atoms with Gasteiger partial charge >= 0.3 is 5.97 Å². The summed E-state index contributed by atoms with van der Waals surface area (Å²) in [7, 11) is 2.92. The predicted octanol–water partition coefficient (Wildman–Crippen LogP) is 1.71. The van der Waals surface area contributed by atoms with Crippen LogP contribution in [0.2, 0.25) is 0 Å². The maximum absolute atomic E-state index is 12.2. The highest BCUT2D eigenvalue weighted by atomic mass is 16.5. The fourth-order valence-corrected chi connectivity index (χ4v) is 2.60. The molecule has 0 unspecified atom stereocenters. The standard InChI is InChI=1S/C21H20N4O6/c1-29-17-9-8-14(10-18(17)30-2)20(27)25-24-19(26)12-31-21(28)16-11-15(22-23-16)13-6-4-3-5-7-13/h3-11H,12H2,1-2H3,(H,22,23)(H,24,26)(H,25,27). The zero-order valence-electron chi connectivity index (χ0n) is 16.8. The molecule has 1 aromatic heterocycles. The van der Waals surface area contributed by atoms with Crippen LogP contribution in [0.15, 0.2) is 54.6 Å². The SMILES string of the molecule is COc1ccc(C(=O)NNC(=O)COC(=O)c2cc(-c3ccccc3)n[nH]2)cc1OC. The number of H-pyrrole nitrogens is 1. The Balaban J connectivity index is 1.48. The van der Waals surface area contributed by atoms with Gasteiger partial charge in [0.25, 0.3) is 11.8 Å². The molecule has 0 radical (unpaired) electrons. The topological polar surface area (TPSA) is 132 Å². The molecule has 3 N–H and O–H groups in total. The highest BCUT2D eigenvalue weighted by Gasteiger charge is 2.15. The van der Waals surface area contributed by atoms with E-state index < -0.39 is 24.4 Å². The number of amides is 2. The molecule has 2 aromatic carbocycles. The molecular formula is C21H20N4O6. The van der Waals surface area contributed by atoms with Crippen LogP contribution in [0, 0.1) is 0 Å². The van der Waals surface area contributed by atoms with Gasteiger partial charge in [0.05, 0.1) is 19.9 Å². The molecule has 3 rings (SSSR count). The Morgan fingerprint density at radius 1 is 0.935 bits per heavy atom. The van der Waals surface area contributed by atoms with Gasteiger partial charge in [-0.2, -0.15) is 5.10 Å². The van der Waals surface area contributed by atoms with Gasteiger partial charge in [0, 0.05) is 11.1 Å². The summed E-state index contributed by atoms with van der Waals surface area (Å²) in [5, 5.41) is 6.62. The van der Waals surface area contributed by atoms with E-state index in [0.717, 1.165) is 5.56 Å². The number of carbonyl (C=O) groups is 3. The molecule has 0 aliphatic carbocycles. The van der Waals surface area contributed by atoms with Crippen LogP contribution in [0.1, 0.15) is 20.8 Å². The maximum atomic E-state index is 12.2. The number of aromatic amines is 1. The van der Waals surface area contributed by atoms with Crippen molar-refractivity contribution in [3.63, 3.8) is 0 Å². The first-order chi connectivity index (χ1) is 15.0. The van der Waals surface area contributed by atoms with Crippen molar-refractivity contribution in [2.75, 3.05) is 20.8 Å². The van der Waals surface area contributed by atoms with Gasteiger partial charge in [0.15, 0.2) is 18.1 Å². The number of esters is 1. The molecule has 3 aromatic rings. The van der Waals surface area contributed by atoms with Crippen molar-refractivity contribution in [3.8, 4) is 22.8 Å². The lowest BCUT2D eigenvalue weighted by atomic mass is 10.1. The summed E-state index contributed by atoms with van der Waals surface area (Å²) in [6.07, 6.45) is 0. The van der Waals surface area contributed by atoms with Gasteiger partial charge in [-0.25, -0.2) is 4.79 Å². The van der Waals surface area contributed by atoms with Crippen molar-refractivity contribution in [2.45, 2.75) is 0 Å². The Hall–Kier alpha value is -4.34. The van der Waals surface area contributed by atoms with Gasteiger partial charge in [0.1, 0.15) is 5.69 Å². The summed E-state index contributed by atoms with van der Waals surface area (Å²) in [5.41, 5.74) is 6.13. The van der Waals surface area contributed by atoms with E-state index in [1.165, 1.54) is 32.4 Å². The summed E-state index contributed by atoms with van der Waals surface area (Å²) in [5.74, 6) is -1.23. The van der Waals surface area contributed by atoms with Crippen molar-refractivity contribution in [1.82, 2.24) is 21.0 Å². The first kappa shape index (κ1) is 21.4. The van der Waals surface area contributed by atoms with Crippen LogP contribution >= 0.6 is 0 Å². The average Bonchev–Trinajstić information content (AvgIpc) is 3.31. The van der Waals surface area contributed by atoms with Gasteiger partial charge in [-0.1, -0.05) is 30.3 Å². The molecule has 10 heteroatoms. The number of carbonyl (C=O) groups excluding carboxylic acids is 3. The van der Waals surface area contributed by atoms with E-state index in [2.05, 4.69) is 21.0 Å². The minimum Gasteiger partial charge on any atom is -0.493 e. The third-order valence-electron chi connectivity index (χ3n) is 4.16. The summed E-state index contributed by atoms with van der Waals surface area (Å²) in [6, 6.07) is 15.3. The number of benzene rings is 2. The monoisotopic (exact) mass is 424 g/mol. The Morgan fingerprint density at radius 3 is 2.39 bits per heavy atom. The van der Waals surface area contributed by atoms with E-state index in [9.17, 15) is 14.4 Å². The van der Waals surface area contributed by atoms with Crippen molar-refractivity contribution < 1.29 is 28.6 Å². The van der Waals surface area contributed by atoms with Gasteiger partial charge in [-0.15, -0.1) is 0 Å². The van der Waals surface area contributed by atoms with E-state index in [1.807, 2.05) is 30.3 Å². The van der Waals surface area contributed by atoms with Crippen LogP contribution in [0.5, 0.6) is 11.5 Å². The fourth-order valence-electron chi connectivity index (χ4n) is 2.60. The van der Waals surface area contributed by atoms with Gasteiger partial charge in [0.2, 0.25) is 0 Å². The van der Waals surface area contributed by atoms with Crippen molar-refractivity contribution in [1.29, 1.82) is 0 Å². The summed E-state index contributed by atoms with van der Waals surface area (Å²) >= 11 is 0. The van der Waals surface area contributed by atoms with Crippen molar-refractivity contribution in [3.05, 3.63) is 65.9 Å². The van der Waals surface area contributed by atoms with Crippen LogP contribution in [0.4, 0.5) is 0 Å². The molecule has 0 saturated heterocycles. The van der Waals surface area contributed by atoms with Crippen molar-refractivity contribution in [2.24, 2.45) is 0 Å². The molecule has 0 saturated carbocycles. The lowest BCUT2D eigenvalue weighted by molar-refractivity contribution is -0.125. The van der Waals surface area contributed by atoms with Crippen LogP contribution < -0.4 is 20.3 Å². The number of hydrogen-bond donors (Lipinski definition) is 3. The lowest BCUT2D eigenvalue weighted by Crippen LogP contribution is -2.43. The zero-order valence-corrected chi connectivity index (χ0v) is 16.8. The summed E-state index contributed by atoms with van der Waals surface area (Å²) in [4.78, 5) is 36.2. The normalized spacial score (nSPS) is 10.1. The maximum Gasteiger partial charge on any atom is 0.356 e. The summed E-state index contributed by atoms with van der Waals surface area (Å²) in [6.45, 7) is -0.593. The molecule has 1 heterocycles. The average molecular weight is 424 g/mol. The van der Waals surface area contributed by atoms with Crippen molar-refractivity contribution >= 4 is 17.8 Å². The molecule has 0 aliphatic heterocycles. The van der Waals surface area contributed by atoms with E-state index in [0.29, 0.717) is 17.2 Å². The lowest BCUT2D eigenvalue weighted by Gasteiger charge is -2.10. The molecule has 0 atom stereocenters. The first-order valence-corrected chi connectivity index (χ1v) is 9.11. The highest BCUT2D eigenvalue weighted by molar-refractivity contribution is 5.96. The number of aromatic nitrogens is 2. The second-order valence-corrected chi connectivity index (χ2v) is 6.18. The molecule has 0 bridgehead atoms. The minimum absolute atomic E-state index is 0.0982. The number of nitrogens with zero attached hydrogens (tertiary/aromatic N) is 1. The number of ether oxygens (including phenoxy) is 3. The highest BCUT2D eigenvalue weighted by Crippen LogP contribution is 2.27. The van der Waals surface area contributed by atoms with Crippen LogP contribution in [0.25, 0.3) is 11.3 Å². The molecule has 0 spiro atoms. The van der Waals surface area contributed by atoms with E-state index in [4.69, 9.17) is 14.2 Å². The van der Waals surface area contributed by atoms with Crippen LogP contribution in [-0.4, -0.2) is 48.8 Å². The number of rotatable bonds is 7. The molecule has 160 valence electrons. The zero-order chi connectivity index (χ0) is 22.2. The molecule has 0 aliphatic rings. The number of nitrogens with one attached hydrogen (secondary N) is 3. The molecule has 10 nitrogen and oxygen atoms in total. The predicted molar refractivity (Wildman–Crippen MR) is 109 cm³/mol. The second-order valence-electron chi connectivity index (χ2n) is 6.18. The minimum atomic E-state index is -0.754. The smallest absolute Gasteiger partial charge is 0.356 e. The van der Waals surface area contributed by atoms with Crippen LogP contribution in [0.3, 0.4) is 0 Å². The largest absolute Gasteiger partial charge is 0.493 e. The van der Waals surface area contributed by atoms with Gasteiger partial charge in [-0.3, -0.25) is 25.5 Å². The Bertz CT molecular complexity index is 1080. The number of hydrazine groups is 1. The van der Waals surface area contributed by atoms with E-state index in [-0.39, 0.29) is 11.3 Å². The summed E-state index contributed by atoms with van der Waals surface area (Å²) < 4.78 is 15.2. The van der Waals surface area contributed by atoms with Gasteiger partial charge in [-0.05, 0) is 24.3 Å². The molecule has 0 fully saturated rings. The van der Waals surface area contributed by atoms with E-state index >= 15 is 0 Å². The molecule has 2 amide bonds. The number of methoxy groups -OCH3 is 2. The Labute approximate surface area is 177 Å². The number of hydrogen-bond acceptors (Lipinski definition) is 7. The first-order valence-electron chi connectivity index (χ1n) is 9.11. The molecule has 31 heavy (non-hydrogen) atoms. The van der Waals surface area contributed by atoms with Gasteiger partial charge < -0.3 is 14.2 Å². The third kappa shape index (κ3) is 5.38. The van der Waals surface area contributed by atoms with Crippen LogP contribution in [-0.2, 0) is 9.53 Å². The van der Waals surface area contributed by atoms with E-state index in [1.54, 1.807) is 6.07 Å².